The fraction of sp³-hybridized carbons (Fsp3) is 0.600. The summed E-state index contributed by atoms with van der Waals surface area (Å²) in [4.78, 5) is 0. The molecular weight excluding hydrogens is 252 g/mol. The average Bonchev–Trinajstić information content (AvgIpc) is 2.12. The second-order valence-corrected chi connectivity index (χ2v) is 16.3. The van der Waals surface area contributed by atoms with Gasteiger partial charge >= 0.3 is 0 Å². The highest BCUT2D eigenvalue weighted by atomic mass is 28.4. The molecule has 1 aromatic rings. The maximum atomic E-state index is 6.41. The van der Waals surface area contributed by atoms with Crippen LogP contribution in [0.2, 0.25) is 32.7 Å². The molecule has 1 aromatic carbocycles. The van der Waals surface area contributed by atoms with Crippen LogP contribution in [-0.4, -0.2) is 22.0 Å². The maximum absolute atomic E-state index is 6.41. The fourth-order valence-corrected chi connectivity index (χ4v) is 8.87. The van der Waals surface area contributed by atoms with E-state index in [1.165, 1.54) is 5.19 Å². The summed E-state index contributed by atoms with van der Waals surface area (Å²) < 4.78 is 6.41. The minimum atomic E-state index is -1.83. The molecule has 0 aliphatic rings. The Hall–Kier alpha value is -0.386. The predicted molar refractivity (Wildman–Crippen MR) is 87.4 cm³/mol. The van der Waals surface area contributed by atoms with Crippen molar-refractivity contribution in [3.63, 3.8) is 0 Å². The summed E-state index contributed by atoms with van der Waals surface area (Å²) in [6, 6.07) is 8.91. The minimum absolute atomic E-state index is 0.0672. The number of hydrogen-bond acceptors (Lipinski definition) is 1. The first-order valence-electron chi connectivity index (χ1n) is 6.74. The summed E-state index contributed by atoms with van der Waals surface area (Å²) in [5.41, 5.74) is -0.0672. The van der Waals surface area contributed by atoms with Crippen molar-refractivity contribution in [1.82, 2.24) is 0 Å². The Bertz CT molecular complexity index is 411. The summed E-state index contributed by atoms with van der Waals surface area (Å²) >= 11 is 0. The monoisotopic (exact) mass is 280 g/mol. The maximum Gasteiger partial charge on any atom is 0.218 e. The van der Waals surface area contributed by atoms with Crippen LogP contribution in [0.25, 0.3) is 0 Å². The zero-order valence-corrected chi connectivity index (χ0v) is 15.2. The van der Waals surface area contributed by atoms with Crippen LogP contribution in [0.4, 0.5) is 0 Å². The second-order valence-electron chi connectivity index (χ2n) is 7.52. The second kappa shape index (κ2) is 4.95. The molecule has 1 nitrogen and oxygen atoms in total. The Morgan fingerprint density at radius 2 is 1.28 bits per heavy atom. The van der Waals surface area contributed by atoms with Gasteiger partial charge in [-0.1, -0.05) is 49.1 Å². The molecule has 0 unspecified atom stereocenters. The average molecular weight is 281 g/mol. The van der Waals surface area contributed by atoms with E-state index in [9.17, 15) is 0 Å². The fourth-order valence-electron chi connectivity index (χ4n) is 2.48. The van der Waals surface area contributed by atoms with Gasteiger partial charge in [-0.2, -0.15) is 0 Å². The lowest BCUT2D eigenvalue weighted by molar-refractivity contribution is 0.125. The Morgan fingerprint density at radius 1 is 0.833 bits per heavy atom. The van der Waals surface area contributed by atoms with E-state index in [0.29, 0.717) is 0 Å². The molecule has 0 saturated carbocycles. The Labute approximate surface area is 115 Å². The van der Waals surface area contributed by atoms with Crippen LogP contribution in [0.3, 0.4) is 0 Å². The summed E-state index contributed by atoms with van der Waals surface area (Å²) in [6.45, 7) is 18.3. The van der Waals surface area contributed by atoms with Crippen molar-refractivity contribution >= 4 is 26.8 Å². The van der Waals surface area contributed by atoms with E-state index in [2.05, 4.69) is 77.8 Å². The van der Waals surface area contributed by atoms with Crippen molar-refractivity contribution in [2.45, 2.75) is 59.1 Å². The quantitative estimate of drug-likeness (QED) is 0.771. The largest absolute Gasteiger partial charge is 0.408 e. The first-order chi connectivity index (χ1) is 7.93. The van der Waals surface area contributed by atoms with Gasteiger partial charge in [0.1, 0.15) is 0 Å². The molecule has 3 heteroatoms. The van der Waals surface area contributed by atoms with Crippen LogP contribution in [0.15, 0.2) is 24.3 Å². The number of hydrogen-bond donors (Lipinski definition) is 0. The van der Waals surface area contributed by atoms with Gasteiger partial charge in [0.05, 0.1) is 8.07 Å². The zero-order valence-electron chi connectivity index (χ0n) is 13.2. The molecule has 0 N–H and O–H groups in total. The summed E-state index contributed by atoms with van der Waals surface area (Å²) in [5.74, 6) is 0. The first kappa shape index (κ1) is 15.7. The third-order valence-electron chi connectivity index (χ3n) is 2.95. The van der Waals surface area contributed by atoms with E-state index in [4.69, 9.17) is 4.43 Å². The van der Waals surface area contributed by atoms with Crippen molar-refractivity contribution in [3.05, 3.63) is 24.3 Å². The normalized spacial score (nSPS) is 13.8. The van der Waals surface area contributed by atoms with Gasteiger partial charge in [0, 0.05) is 5.60 Å². The van der Waals surface area contributed by atoms with Crippen molar-refractivity contribution in [2.24, 2.45) is 0 Å². The van der Waals surface area contributed by atoms with Crippen LogP contribution < -0.4 is 10.4 Å². The van der Waals surface area contributed by atoms with Gasteiger partial charge in [-0.3, -0.25) is 0 Å². The minimum Gasteiger partial charge on any atom is -0.408 e. The third-order valence-corrected chi connectivity index (χ3v) is 8.10. The first-order valence-corrected chi connectivity index (χ1v) is 13.1. The Kier molecular flexibility index (Phi) is 4.31. The molecule has 0 saturated heterocycles. The van der Waals surface area contributed by atoms with Crippen molar-refractivity contribution < 1.29 is 4.43 Å². The molecule has 0 aliphatic heterocycles. The van der Waals surface area contributed by atoms with Gasteiger partial charge in [-0.15, -0.1) is 0 Å². The summed E-state index contributed by atoms with van der Waals surface area (Å²) in [6.07, 6.45) is 0. The molecule has 0 radical (unpaired) electrons. The molecular formula is C15H28OSi2. The van der Waals surface area contributed by atoms with Crippen LogP contribution in [0.1, 0.15) is 20.8 Å². The van der Waals surface area contributed by atoms with Crippen LogP contribution in [0, 0.1) is 0 Å². The van der Waals surface area contributed by atoms with Crippen LogP contribution in [-0.2, 0) is 4.43 Å². The van der Waals surface area contributed by atoms with Crippen molar-refractivity contribution in [1.29, 1.82) is 0 Å². The lowest BCUT2D eigenvalue weighted by Crippen LogP contribution is -2.60. The highest BCUT2D eigenvalue weighted by Gasteiger charge is 2.35. The van der Waals surface area contributed by atoms with E-state index in [-0.39, 0.29) is 5.60 Å². The number of rotatable bonds is 3. The van der Waals surface area contributed by atoms with Crippen molar-refractivity contribution in [2.75, 3.05) is 0 Å². The molecule has 0 fully saturated rings. The standard InChI is InChI=1S/C15H28OSi2/c1-15(2,3)16-18(7,8)14-12-10-9-11-13(14)17(4,5)6/h9-12H,1-8H3. The van der Waals surface area contributed by atoms with Gasteiger partial charge < -0.3 is 4.43 Å². The molecule has 18 heavy (non-hydrogen) atoms. The highest BCUT2D eigenvalue weighted by Crippen LogP contribution is 2.17. The topological polar surface area (TPSA) is 9.23 Å². The van der Waals surface area contributed by atoms with E-state index in [0.717, 1.165) is 0 Å². The molecule has 0 aromatic heterocycles. The Balaban J connectivity index is 3.25. The smallest absolute Gasteiger partial charge is 0.218 e. The molecule has 0 bridgehead atoms. The molecule has 0 atom stereocenters. The highest BCUT2D eigenvalue weighted by molar-refractivity contribution is 6.96. The predicted octanol–water partition coefficient (Wildman–Crippen LogP) is 3.46. The van der Waals surface area contributed by atoms with Gasteiger partial charge in [-0.25, -0.2) is 0 Å². The van der Waals surface area contributed by atoms with Gasteiger partial charge in [0.15, 0.2) is 0 Å². The molecule has 0 heterocycles. The lowest BCUT2D eigenvalue weighted by atomic mass is 10.2. The van der Waals surface area contributed by atoms with E-state index < -0.39 is 16.4 Å². The van der Waals surface area contributed by atoms with E-state index in [1.807, 2.05) is 0 Å². The Morgan fingerprint density at radius 3 is 1.67 bits per heavy atom. The molecule has 1 rings (SSSR count). The van der Waals surface area contributed by atoms with Crippen molar-refractivity contribution in [3.8, 4) is 0 Å². The lowest BCUT2D eigenvalue weighted by Gasteiger charge is -2.35. The van der Waals surface area contributed by atoms with Crippen LogP contribution in [0.5, 0.6) is 0 Å². The van der Waals surface area contributed by atoms with Gasteiger partial charge in [0.25, 0.3) is 0 Å². The molecule has 102 valence electrons. The molecule has 0 amide bonds. The third kappa shape index (κ3) is 4.07. The molecule has 0 spiro atoms. The number of benzene rings is 1. The SMILES string of the molecule is CC(C)(C)O[Si](C)(C)c1ccccc1[Si](C)(C)C. The summed E-state index contributed by atoms with van der Waals surface area (Å²) in [7, 11) is -3.14. The van der Waals surface area contributed by atoms with E-state index in [1.54, 1.807) is 5.19 Å². The molecule has 0 aliphatic carbocycles. The van der Waals surface area contributed by atoms with E-state index >= 15 is 0 Å². The van der Waals surface area contributed by atoms with Gasteiger partial charge in [0.2, 0.25) is 8.32 Å². The zero-order chi connectivity index (χ0) is 14.2. The van der Waals surface area contributed by atoms with Gasteiger partial charge in [-0.05, 0) is 39.1 Å². The summed E-state index contributed by atoms with van der Waals surface area (Å²) in [5, 5.41) is 3.05. The van der Waals surface area contributed by atoms with Crippen LogP contribution >= 0.6 is 0 Å².